The Labute approximate surface area is 68.7 Å². The summed E-state index contributed by atoms with van der Waals surface area (Å²) in [7, 11) is 0. The van der Waals surface area contributed by atoms with Crippen molar-refractivity contribution in [2.24, 2.45) is 5.73 Å². The van der Waals surface area contributed by atoms with Crippen LogP contribution in [0, 0.1) is 13.8 Å². The van der Waals surface area contributed by atoms with Gasteiger partial charge in [-0.3, -0.25) is 0 Å². The van der Waals surface area contributed by atoms with E-state index in [1.54, 1.807) is 0 Å². The van der Waals surface area contributed by atoms with E-state index in [2.05, 4.69) is 13.8 Å². The summed E-state index contributed by atoms with van der Waals surface area (Å²) in [6.45, 7) is 6.22. The Morgan fingerprint density at radius 2 is 1.86 bits per heavy atom. The maximum Gasteiger partial charge on any atom is 0 e. The summed E-state index contributed by atoms with van der Waals surface area (Å²) in [5, 5.41) is 0. The molecule has 0 amide bonds. The van der Waals surface area contributed by atoms with E-state index in [1.165, 1.54) is 0 Å². The van der Waals surface area contributed by atoms with Gasteiger partial charge in [0.05, 0.1) is 0 Å². The molecular weight excluding hydrogens is 167 g/mol. The number of nitrogens with two attached hydrogens (primary N) is 1. The van der Waals surface area contributed by atoms with Crippen LogP contribution in [0.5, 0.6) is 0 Å². The van der Waals surface area contributed by atoms with Crippen LogP contribution in [-0.2, 0) is 37.5 Å². The fourth-order valence-electron chi connectivity index (χ4n) is 0. The molecule has 0 aromatic carbocycles. The SMILES string of the molecule is [CH2-]C(=O)C([CH2-])N.[Y]. The van der Waals surface area contributed by atoms with Crippen LogP contribution in [0.25, 0.3) is 0 Å². The molecule has 1 atom stereocenters. The van der Waals surface area contributed by atoms with Crippen molar-refractivity contribution in [2.75, 3.05) is 0 Å². The van der Waals surface area contributed by atoms with Gasteiger partial charge in [0.25, 0.3) is 0 Å². The third kappa shape index (κ3) is 6.60. The molecule has 0 aromatic heterocycles. The zero-order valence-corrected chi connectivity index (χ0v) is 6.89. The normalized spacial score (nSPS) is 11.7. The summed E-state index contributed by atoms with van der Waals surface area (Å²) in [5.41, 5.74) is 4.91. The summed E-state index contributed by atoms with van der Waals surface area (Å²) in [4.78, 5) is 9.84. The maximum absolute atomic E-state index is 9.84. The number of hydrogen-bond donors (Lipinski definition) is 1. The Morgan fingerprint density at radius 3 is 1.86 bits per heavy atom. The van der Waals surface area contributed by atoms with Crippen LogP contribution in [0.15, 0.2) is 0 Å². The molecule has 0 saturated carbocycles. The zero-order chi connectivity index (χ0) is 5.15. The van der Waals surface area contributed by atoms with Crippen molar-refractivity contribution in [1.82, 2.24) is 0 Å². The third-order valence-corrected chi connectivity index (χ3v) is 0.414. The van der Waals surface area contributed by atoms with Crippen LogP contribution >= 0.6 is 0 Å². The summed E-state index contributed by atoms with van der Waals surface area (Å²) in [6.07, 6.45) is 0. The number of carbonyl (C=O) groups excluding carboxylic acids is 1. The van der Waals surface area contributed by atoms with Gasteiger partial charge in [-0.1, -0.05) is 6.04 Å². The molecule has 0 spiro atoms. The second-order valence-corrected chi connectivity index (χ2v) is 1.07. The predicted molar refractivity (Wildman–Crippen MR) is 23.7 cm³/mol. The van der Waals surface area contributed by atoms with Crippen molar-refractivity contribution in [3.8, 4) is 0 Å². The van der Waals surface area contributed by atoms with Crippen LogP contribution < -0.4 is 5.73 Å². The predicted octanol–water partition coefficient (Wildman–Crippen LogP) is -0.452. The molecule has 39 valence electrons. The van der Waals surface area contributed by atoms with Crippen LogP contribution in [-0.4, -0.2) is 11.8 Å². The van der Waals surface area contributed by atoms with E-state index in [0.29, 0.717) is 0 Å². The van der Waals surface area contributed by atoms with Gasteiger partial charge >= 0.3 is 0 Å². The number of rotatable bonds is 1. The fourth-order valence-corrected chi connectivity index (χ4v) is 0. The molecule has 0 aliphatic heterocycles. The molecule has 0 aromatic rings. The van der Waals surface area contributed by atoms with Gasteiger partial charge in [-0.2, -0.15) is 0 Å². The summed E-state index contributed by atoms with van der Waals surface area (Å²) in [5.74, 6) is -0.324. The average molecular weight is 174 g/mol. The molecule has 2 nitrogen and oxygen atoms in total. The van der Waals surface area contributed by atoms with Crippen LogP contribution in [0.2, 0.25) is 0 Å². The molecule has 1 unspecified atom stereocenters. The van der Waals surface area contributed by atoms with E-state index in [-0.39, 0.29) is 38.5 Å². The van der Waals surface area contributed by atoms with E-state index < -0.39 is 6.04 Å². The fraction of sp³-hybridized carbons (Fsp3) is 0.250. The topological polar surface area (TPSA) is 43.1 Å². The molecule has 3 heteroatoms. The van der Waals surface area contributed by atoms with E-state index >= 15 is 0 Å². The molecule has 1 radical (unpaired) electrons. The van der Waals surface area contributed by atoms with Crippen LogP contribution in [0.4, 0.5) is 0 Å². The number of carbonyl (C=O) groups is 1. The van der Waals surface area contributed by atoms with Crippen LogP contribution in [0.3, 0.4) is 0 Å². The first-order valence-corrected chi connectivity index (χ1v) is 1.59. The first kappa shape index (κ1) is 10.6. The Balaban J connectivity index is 0. The van der Waals surface area contributed by atoms with E-state index in [4.69, 9.17) is 5.73 Å². The molecule has 0 heterocycles. The number of Topliss-reactive ketones (excluding diaryl/α,β-unsaturated/α-hetero) is 1. The zero-order valence-electron chi connectivity index (χ0n) is 4.05. The average Bonchev–Trinajstić information content (AvgIpc) is 1.36. The summed E-state index contributed by atoms with van der Waals surface area (Å²) in [6, 6.07) is -0.648. The molecule has 0 aliphatic rings. The second kappa shape index (κ2) is 4.76. The van der Waals surface area contributed by atoms with Crippen molar-refractivity contribution < 1.29 is 37.5 Å². The monoisotopic (exact) mass is 174 g/mol. The summed E-state index contributed by atoms with van der Waals surface area (Å²) >= 11 is 0. The molecular formula is C4H7NOY-2. The number of hydrogen-bond acceptors (Lipinski definition) is 2. The number of ketones is 1. The van der Waals surface area contributed by atoms with E-state index in [0.717, 1.165) is 0 Å². The molecule has 0 rings (SSSR count). The quantitative estimate of drug-likeness (QED) is 0.547. The van der Waals surface area contributed by atoms with Gasteiger partial charge in [0.1, 0.15) is 0 Å². The molecule has 0 bridgehead atoms. The van der Waals surface area contributed by atoms with Crippen LogP contribution in [0.1, 0.15) is 0 Å². The molecule has 7 heavy (non-hydrogen) atoms. The maximum atomic E-state index is 9.84. The van der Waals surface area contributed by atoms with Crippen molar-refractivity contribution in [2.45, 2.75) is 6.04 Å². The Bertz CT molecular complexity index is 62.7. The minimum absolute atomic E-state index is 0. The Hall–Kier alpha value is 0.604. The van der Waals surface area contributed by atoms with Gasteiger partial charge in [0.2, 0.25) is 0 Å². The minimum atomic E-state index is -0.648. The smallest absolute Gasteiger partial charge is 0 e. The summed E-state index contributed by atoms with van der Waals surface area (Å²) < 4.78 is 0. The van der Waals surface area contributed by atoms with Crippen molar-refractivity contribution in [1.29, 1.82) is 0 Å². The van der Waals surface area contributed by atoms with Gasteiger partial charge in [-0.15, -0.1) is 0 Å². The Morgan fingerprint density at radius 1 is 1.71 bits per heavy atom. The van der Waals surface area contributed by atoms with Gasteiger partial charge in [-0.05, 0) is 5.78 Å². The van der Waals surface area contributed by atoms with Gasteiger partial charge in [0, 0.05) is 32.7 Å². The Kier molecular flexibility index (Phi) is 7.17. The van der Waals surface area contributed by atoms with Crippen molar-refractivity contribution >= 4 is 5.78 Å². The van der Waals surface area contributed by atoms with Crippen molar-refractivity contribution in [3.63, 3.8) is 0 Å². The minimum Gasteiger partial charge on any atom is -0.353 e. The van der Waals surface area contributed by atoms with Gasteiger partial charge in [0.15, 0.2) is 0 Å². The van der Waals surface area contributed by atoms with Gasteiger partial charge in [-0.25, -0.2) is 0 Å². The largest absolute Gasteiger partial charge is 0.353 e. The standard InChI is InChI=1S/C4H7NO.Y/c1-3(5)4(2)6;/h3H,1-2,5H2;/q-2;. The second-order valence-electron chi connectivity index (χ2n) is 1.07. The van der Waals surface area contributed by atoms with E-state index in [9.17, 15) is 4.79 Å². The first-order chi connectivity index (χ1) is 2.64. The van der Waals surface area contributed by atoms with Crippen molar-refractivity contribution in [3.05, 3.63) is 13.8 Å². The molecule has 0 saturated heterocycles. The molecule has 0 fully saturated rings. The third-order valence-electron chi connectivity index (χ3n) is 0.414. The molecule has 2 N–H and O–H groups in total. The van der Waals surface area contributed by atoms with E-state index in [1.807, 2.05) is 0 Å². The molecule has 0 aliphatic carbocycles. The first-order valence-electron chi connectivity index (χ1n) is 1.59. The van der Waals surface area contributed by atoms with Gasteiger partial charge < -0.3 is 24.4 Å².